The molecule has 0 bridgehead atoms. The first-order chi connectivity index (χ1) is 12.2. The fourth-order valence-corrected chi connectivity index (χ4v) is 3.98. The Kier molecular flexibility index (Phi) is 5.83. The van der Waals surface area contributed by atoms with Gasteiger partial charge in [0.25, 0.3) is 0 Å². The van der Waals surface area contributed by atoms with Crippen LogP contribution in [0.4, 0.5) is 0 Å². The Morgan fingerprint density at radius 2 is 1.64 bits per heavy atom. The molecular weight excluding hydrogens is 302 g/mol. The molecule has 0 saturated carbocycles. The van der Waals surface area contributed by atoms with E-state index in [4.69, 9.17) is 0 Å². The third-order valence-corrected chi connectivity index (χ3v) is 5.96. The van der Waals surface area contributed by atoms with Gasteiger partial charge in [0.1, 0.15) is 0 Å². The second-order valence-corrected chi connectivity index (χ2v) is 7.63. The van der Waals surface area contributed by atoms with Gasteiger partial charge in [0.05, 0.1) is 0 Å². The Morgan fingerprint density at radius 1 is 0.880 bits per heavy atom. The third-order valence-electron chi connectivity index (χ3n) is 5.96. The van der Waals surface area contributed by atoms with Crippen molar-refractivity contribution >= 4 is 21.8 Å². The van der Waals surface area contributed by atoms with Crippen molar-refractivity contribution in [3.63, 3.8) is 0 Å². The average Bonchev–Trinajstić information content (AvgIpc) is 2.97. The second kappa shape index (κ2) is 8.08. The minimum Gasteiger partial charge on any atom is -0.340 e. The summed E-state index contributed by atoms with van der Waals surface area (Å²) in [6.07, 6.45) is 6.43. The first kappa shape index (κ1) is 18.0. The first-order valence-electron chi connectivity index (χ1n) is 10.2. The van der Waals surface area contributed by atoms with Crippen molar-refractivity contribution in [2.75, 3.05) is 0 Å². The predicted molar refractivity (Wildman–Crippen MR) is 111 cm³/mol. The average molecular weight is 336 g/mol. The molecule has 2 aromatic carbocycles. The van der Waals surface area contributed by atoms with E-state index in [-0.39, 0.29) is 0 Å². The SMILES string of the molecule is CCCCC(CC)Cn1c2ccccc2c2ccc(C(C)CC)cc21. The number of unbranched alkanes of at least 4 members (excludes halogenated alkanes) is 1. The van der Waals surface area contributed by atoms with E-state index < -0.39 is 0 Å². The molecule has 25 heavy (non-hydrogen) atoms. The van der Waals surface area contributed by atoms with Crippen molar-refractivity contribution in [2.45, 2.75) is 72.3 Å². The van der Waals surface area contributed by atoms with Crippen molar-refractivity contribution < 1.29 is 0 Å². The molecule has 0 aliphatic rings. The van der Waals surface area contributed by atoms with E-state index in [1.807, 2.05) is 0 Å². The molecule has 0 N–H and O–H groups in total. The quantitative estimate of drug-likeness (QED) is 0.401. The highest BCUT2D eigenvalue weighted by Crippen LogP contribution is 2.33. The number of aromatic nitrogens is 1. The standard InChI is InChI=1S/C24H33N/c1-5-8-11-19(7-3)17-25-23-13-10-9-12-21(23)22-15-14-20(16-24(22)25)18(4)6-2/h9-10,12-16,18-19H,5-8,11,17H2,1-4H3. The maximum Gasteiger partial charge on any atom is 0.0494 e. The minimum atomic E-state index is 0.623. The molecule has 2 atom stereocenters. The van der Waals surface area contributed by atoms with Gasteiger partial charge in [-0.15, -0.1) is 0 Å². The van der Waals surface area contributed by atoms with E-state index in [2.05, 4.69) is 74.7 Å². The number of benzene rings is 2. The molecule has 0 fully saturated rings. The Hall–Kier alpha value is -1.76. The number of fused-ring (bicyclic) bond motifs is 3. The molecule has 0 saturated heterocycles. The maximum absolute atomic E-state index is 2.60. The topological polar surface area (TPSA) is 4.93 Å². The van der Waals surface area contributed by atoms with Gasteiger partial charge < -0.3 is 4.57 Å². The summed E-state index contributed by atoms with van der Waals surface area (Å²) in [5.74, 6) is 1.39. The lowest BCUT2D eigenvalue weighted by atomic mass is 9.97. The molecule has 3 aromatic rings. The summed E-state index contributed by atoms with van der Waals surface area (Å²) in [5.41, 5.74) is 4.29. The van der Waals surface area contributed by atoms with Gasteiger partial charge in [0.15, 0.2) is 0 Å². The number of rotatable bonds is 8. The fraction of sp³-hybridized carbons (Fsp3) is 0.500. The highest BCUT2D eigenvalue weighted by atomic mass is 15.0. The molecule has 0 radical (unpaired) electrons. The zero-order valence-corrected chi connectivity index (χ0v) is 16.4. The molecule has 1 heteroatoms. The third kappa shape index (κ3) is 3.61. The molecule has 2 unspecified atom stereocenters. The van der Waals surface area contributed by atoms with Crippen LogP contribution >= 0.6 is 0 Å². The summed E-state index contributed by atoms with van der Waals surface area (Å²) in [5, 5.41) is 2.81. The lowest BCUT2D eigenvalue weighted by Gasteiger charge is -2.18. The highest BCUT2D eigenvalue weighted by molar-refractivity contribution is 6.08. The van der Waals surface area contributed by atoms with E-state index >= 15 is 0 Å². The van der Waals surface area contributed by atoms with E-state index in [1.54, 1.807) is 0 Å². The second-order valence-electron chi connectivity index (χ2n) is 7.63. The molecule has 1 nitrogen and oxygen atoms in total. The summed E-state index contributed by atoms with van der Waals surface area (Å²) >= 11 is 0. The molecule has 0 aliphatic carbocycles. The Bertz CT molecular complexity index is 827. The zero-order valence-electron chi connectivity index (χ0n) is 16.4. The van der Waals surface area contributed by atoms with Gasteiger partial charge in [0.2, 0.25) is 0 Å². The Balaban J connectivity index is 2.12. The van der Waals surface area contributed by atoms with Crippen LogP contribution in [0, 0.1) is 5.92 Å². The smallest absolute Gasteiger partial charge is 0.0494 e. The van der Waals surface area contributed by atoms with Gasteiger partial charge in [-0.2, -0.15) is 0 Å². The summed E-state index contributed by atoms with van der Waals surface area (Å²) in [7, 11) is 0. The van der Waals surface area contributed by atoms with Crippen LogP contribution < -0.4 is 0 Å². The normalized spacial score (nSPS) is 14.2. The highest BCUT2D eigenvalue weighted by Gasteiger charge is 2.15. The van der Waals surface area contributed by atoms with Gasteiger partial charge in [0, 0.05) is 28.4 Å². The van der Waals surface area contributed by atoms with Gasteiger partial charge >= 0.3 is 0 Å². The van der Waals surface area contributed by atoms with Crippen LogP contribution in [0.2, 0.25) is 0 Å². The molecular formula is C24H33N. The van der Waals surface area contributed by atoms with Crippen LogP contribution in [-0.4, -0.2) is 4.57 Å². The number of hydrogen-bond donors (Lipinski definition) is 0. The molecule has 0 aliphatic heterocycles. The number of para-hydroxylation sites is 1. The summed E-state index contributed by atoms with van der Waals surface area (Å²) in [6, 6.07) is 16.1. The monoisotopic (exact) mass is 335 g/mol. The summed E-state index contributed by atoms with van der Waals surface area (Å²) in [4.78, 5) is 0. The molecule has 0 spiro atoms. The lowest BCUT2D eigenvalue weighted by Crippen LogP contribution is -2.10. The van der Waals surface area contributed by atoms with Gasteiger partial charge in [-0.1, -0.05) is 77.3 Å². The zero-order chi connectivity index (χ0) is 17.8. The van der Waals surface area contributed by atoms with Crippen molar-refractivity contribution in [3.8, 4) is 0 Å². The van der Waals surface area contributed by atoms with Crippen LogP contribution in [0.25, 0.3) is 21.8 Å². The van der Waals surface area contributed by atoms with E-state index in [0.29, 0.717) is 5.92 Å². The molecule has 134 valence electrons. The van der Waals surface area contributed by atoms with Crippen molar-refractivity contribution in [3.05, 3.63) is 48.0 Å². The van der Waals surface area contributed by atoms with Crippen molar-refractivity contribution in [2.24, 2.45) is 5.92 Å². The van der Waals surface area contributed by atoms with Crippen LogP contribution in [0.3, 0.4) is 0 Å². The van der Waals surface area contributed by atoms with E-state index in [1.165, 1.54) is 59.5 Å². The van der Waals surface area contributed by atoms with Crippen LogP contribution in [-0.2, 0) is 6.54 Å². The van der Waals surface area contributed by atoms with Crippen molar-refractivity contribution in [1.29, 1.82) is 0 Å². The van der Waals surface area contributed by atoms with Crippen LogP contribution in [0.15, 0.2) is 42.5 Å². The van der Waals surface area contributed by atoms with Gasteiger partial charge in [-0.25, -0.2) is 0 Å². The fourth-order valence-electron chi connectivity index (χ4n) is 3.98. The lowest BCUT2D eigenvalue weighted by molar-refractivity contribution is 0.401. The Labute approximate surface area is 153 Å². The Morgan fingerprint density at radius 3 is 2.36 bits per heavy atom. The van der Waals surface area contributed by atoms with Gasteiger partial charge in [-0.3, -0.25) is 0 Å². The predicted octanol–water partition coefficient (Wildman–Crippen LogP) is 7.52. The van der Waals surface area contributed by atoms with E-state index in [0.717, 1.165) is 12.5 Å². The minimum absolute atomic E-state index is 0.623. The largest absolute Gasteiger partial charge is 0.340 e. The number of hydrogen-bond acceptors (Lipinski definition) is 0. The van der Waals surface area contributed by atoms with Gasteiger partial charge in [-0.05, 0) is 42.4 Å². The van der Waals surface area contributed by atoms with E-state index in [9.17, 15) is 0 Å². The molecule has 0 amide bonds. The maximum atomic E-state index is 2.60. The summed E-state index contributed by atoms with van der Waals surface area (Å²) in [6.45, 7) is 10.4. The van der Waals surface area contributed by atoms with Crippen LogP contribution in [0.1, 0.15) is 71.3 Å². The van der Waals surface area contributed by atoms with Crippen molar-refractivity contribution in [1.82, 2.24) is 4.57 Å². The number of nitrogens with zero attached hydrogens (tertiary/aromatic N) is 1. The molecule has 1 aromatic heterocycles. The summed E-state index contributed by atoms with van der Waals surface area (Å²) < 4.78 is 2.60. The van der Waals surface area contributed by atoms with Crippen LogP contribution in [0.5, 0.6) is 0 Å². The molecule has 3 rings (SSSR count). The first-order valence-corrected chi connectivity index (χ1v) is 10.2. The molecule has 1 heterocycles.